The monoisotopic (exact) mass is 272 g/mol. The second-order valence-corrected chi connectivity index (χ2v) is 4.05. The summed E-state index contributed by atoms with van der Waals surface area (Å²) in [5.41, 5.74) is 6.41. The number of nitrogens with two attached hydrogens (primary N) is 1. The van der Waals surface area contributed by atoms with Crippen LogP contribution in [-0.4, -0.2) is 25.6 Å². The van der Waals surface area contributed by atoms with E-state index in [0.717, 1.165) is 5.56 Å². The molecule has 1 rings (SSSR count). The van der Waals surface area contributed by atoms with E-state index in [1.54, 1.807) is 12.1 Å². The summed E-state index contributed by atoms with van der Waals surface area (Å²) in [4.78, 5) is 11.7. The van der Waals surface area contributed by atoms with E-state index in [1.165, 1.54) is 12.1 Å². The van der Waals surface area contributed by atoms with E-state index in [2.05, 4.69) is 10.1 Å². The average Bonchev–Trinajstić information content (AvgIpc) is 2.37. The number of hydrogen-bond donors (Lipinski definition) is 2. The van der Waals surface area contributed by atoms with Crippen LogP contribution in [0.4, 0.5) is 8.78 Å². The molecule has 6 heteroatoms. The van der Waals surface area contributed by atoms with E-state index in [0.29, 0.717) is 13.0 Å². The van der Waals surface area contributed by atoms with Crippen LogP contribution in [0.25, 0.3) is 0 Å². The highest BCUT2D eigenvalue weighted by Crippen LogP contribution is 2.17. The third kappa shape index (κ3) is 5.21. The number of hydrogen-bond acceptors (Lipinski definition) is 3. The lowest BCUT2D eigenvalue weighted by molar-refractivity contribution is -0.124. The minimum Gasteiger partial charge on any atom is -0.435 e. The summed E-state index contributed by atoms with van der Waals surface area (Å²) < 4.78 is 28.2. The van der Waals surface area contributed by atoms with Crippen LogP contribution < -0.4 is 15.8 Å². The molecule has 1 atom stereocenters. The van der Waals surface area contributed by atoms with Gasteiger partial charge >= 0.3 is 6.61 Å². The Hall–Kier alpha value is -1.69. The predicted molar refractivity (Wildman–Crippen MR) is 68.0 cm³/mol. The molecule has 19 heavy (non-hydrogen) atoms. The van der Waals surface area contributed by atoms with Crippen molar-refractivity contribution in [3.05, 3.63) is 29.8 Å². The molecule has 0 radical (unpaired) electrons. The number of alkyl halides is 2. The van der Waals surface area contributed by atoms with Gasteiger partial charge in [0.2, 0.25) is 5.91 Å². The Labute approximate surface area is 110 Å². The largest absolute Gasteiger partial charge is 0.435 e. The van der Waals surface area contributed by atoms with Crippen LogP contribution in [-0.2, 0) is 11.2 Å². The van der Waals surface area contributed by atoms with E-state index in [-0.39, 0.29) is 24.1 Å². The van der Waals surface area contributed by atoms with E-state index in [4.69, 9.17) is 5.73 Å². The zero-order valence-electron chi connectivity index (χ0n) is 10.7. The number of benzene rings is 1. The van der Waals surface area contributed by atoms with Gasteiger partial charge in [0.05, 0.1) is 5.92 Å². The van der Waals surface area contributed by atoms with Crippen molar-refractivity contribution in [2.45, 2.75) is 20.0 Å². The number of carbonyl (C=O) groups excluding carboxylic acids is 1. The van der Waals surface area contributed by atoms with Gasteiger partial charge in [0, 0.05) is 13.1 Å². The molecule has 0 bridgehead atoms. The Balaban J connectivity index is 2.62. The molecule has 1 unspecified atom stereocenters. The Bertz CT molecular complexity index is 396. The van der Waals surface area contributed by atoms with Gasteiger partial charge in [0.25, 0.3) is 0 Å². The summed E-state index contributed by atoms with van der Waals surface area (Å²) in [6, 6.07) is 6.21. The van der Waals surface area contributed by atoms with E-state index >= 15 is 0 Å². The maximum Gasteiger partial charge on any atom is 0.387 e. The molecule has 0 aliphatic rings. The number of rotatable bonds is 7. The second-order valence-electron chi connectivity index (χ2n) is 4.05. The normalized spacial score (nSPS) is 12.3. The zero-order valence-corrected chi connectivity index (χ0v) is 10.7. The molecule has 0 spiro atoms. The van der Waals surface area contributed by atoms with Crippen LogP contribution in [0, 0.1) is 5.92 Å². The molecule has 0 aromatic heterocycles. The minimum atomic E-state index is -2.84. The first-order chi connectivity index (χ1) is 9.06. The highest BCUT2D eigenvalue weighted by Gasteiger charge is 2.16. The van der Waals surface area contributed by atoms with Gasteiger partial charge in [-0.05, 0) is 31.0 Å². The van der Waals surface area contributed by atoms with Crippen LogP contribution in [0.2, 0.25) is 0 Å². The topological polar surface area (TPSA) is 64.4 Å². The molecular weight excluding hydrogens is 254 g/mol. The zero-order chi connectivity index (χ0) is 14.3. The Morgan fingerprint density at radius 1 is 1.37 bits per heavy atom. The number of ether oxygens (including phenoxy) is 1. The summed E-state index contributed by atoms with van der Waals surface area (Å²) in [5, 5.41) is 2.71. The molecule has 3 N–H and O–H groups in total. The molecule has 4 nitrogen and oxygen atoms in total. The van der Waals surface area contributed by atoms with Crippen LogP contribution >= 0.6 is 0 Å². The lowest BCUT2D eigenvalue weighted by atomic mass is 9.98. The van der Waals surface area contributed by atoms with Crippen molar-refractivity contribution in [3.63, 3.8) is 0 Å². The van der Waals surface area contributed by atoms with Gasteiger partial charge in [-0.2, -0.15) is 8.78 Å². The van der Waals surface area contributed by atoms with E-state index in [9.17, 15) is 13.6 Å². The SMILES string of the molecule is CCNC(=O)C(CN)Cc1ccc(OC(F)F)cc1. The molecule has 106 valence electrons. The van der Waals surface area contributed by atoms with Crippen LogP contribution in [0.5, 0.6) is 5.75 Å². The highest BCUT2D eigenvalue weighted by molar-refractivity contribution is 5.79. The van der Waals surface area contributed by atoms with Crippen molar-refractivity contribution in [2.24, 2.45) is 11.7 Å². The van der Waals surface area contributed by atoms with Gasteiger partial charge in [-0.3, -0.25) is 4.79 Å². The molecule has 0 fully saturated rings. The van der Waals surface area contributed by atoms with Crippen molar-refractivity contribution in [2.75, 3.05) is 13.1 Å². The molecule has 1 amide bonds. The van der Waals surface area contributed by atoms with Gasteiger partial charge < -0.3 is 15.8 Å². The quantitative estimate of drug-likeness (QED) is 0.791. The van der Waals surface area contributed by atoms with Gasteiger partial charge in [-0.15, -0.1) is 0 Å². The fourth-order valence-corrected chi connectivity index (χ4v) is 1.69. The van der Waals surface area contributed by atoms with Gasteiger partial charge in [0.15, 0.2) is 0 Å². The number of carbonyl (C=O) groups is 1. The minimum absolute atomic E-state index is 0.0982. The maximum absolute atomic E-state index is 12.0. The van der Waals surface area contributed by atoms with Gasteiger partial charge in [-0.1, -0.05) is 12.1 Å². The lowest BCUT2D eigenvalue weighted by Gasteiger charge is -2.14. The summed E-state index contributed by atoms with van der Waals surface area (Å²) in [5.74, 6) is -0.319. The smallest absolute Gasteiger partial charge is 0.387 e. The fraction of sp³-hybridized carbons (Fsp3) is 0.462. The molecule has 0 saturated heterocycles. The molecule has 1 aromatic carbocycles. The van der Waals surface area contributed by atoms with Crippen molar-refractivity contribution in [1.29, 1.82) is 0 Å². The van der Waals surface area contributed by atoms with E-state index in [1.807, 2.05) is 6.92 Å². The molecule has 1 aromatic rings. The van der Waals surface area contributed by atoms with Crippen molar-refractivity contribution in [1.82, 2.24) is 5.32 Å². The summed E-state index contributed by atoms with van der Waals surface area (Å²) in [6.45, 7) is -0.211. The predicted octanol–water partition coefficient (Wildman–Crippen LogP) is 1.54. The highest BCUT2D eigenvalue weighted by atomic mass is 19.3. The summed E-state index contributed by atoms with van der Waals surface area (Å²) >= 11 is 0. The van der Waals surface area contributed by atoms with Gasteiger partial charge in [0.1, 0.15) is 5.75 Å². The first-order valence-corrected chi connectivity index (χ1v) is 6.08. The first-order valence-electron chi connectivity index (χ1n) is 6.08. The van der Waals surface area contributed by atoms with Gasteiger partial charge in [-0.25, -0.2) is 0 Å². The molecule has 0 heterocycles. The molecule has 0 saturated carbocycles. The van der Waals surface area contributed by atoms with Crippen LogP contribution in [0.15, 0.2) is 24.3 Å². The third-order valence-corrected chi connectivity index (χ3v) is 2.64. The van der Waals surface area contributed by atoms with Crippen molar-refractivity contribution < 1.29 is 18.3 Å². The van der Waals surface area contributed by atoms with Crippen molar-refractivity contribution in [3.8, 4) is 5.75 Å². The Morgan fingerprint density at radius 2 is 2.00 bits per heavy atom. The number of nitrogens with one attached hydrogen (secondary N) is 1. The standard InChI is InChI=1S/C13H18F2N2O2/c1-2-17-12(18)10(8-16)7-9-3-5-11(6-4-9)19-13(14)15/h3-6,10,13H,2,7-8,16H2,1H3,(H,17,18). The van der Waals surface area contributed by atoms with Crippen LogP contribution in [0.1, 0.15) is 12.5 Å². The third-order valence-electron chi connectivity index (χ3n) is 2.64. The van der Waals surface area contributed by atoms with Crippen molar-refractivity contribution >= 4 is 5.91 Å². The lowest BCUT2D eigenvalue weighted by Crippen LogP contribution is -2.36. The average molecular weight is 272 g/mol. The number of halogens is 2. The van der Waals surface area contributed by atoms with E-state index < -0.39 is 6.61 Å². The Kier molecular flexibility index (Phi) is 6.21. The maximum atomic E-state index is 12.0. The Morgan fingerprint density at radius 3 is 2.47 bits per heavy atom. The summed E-state index contributed by atoms with van der Waals surface area (Å²) in [7, 11) is 0. The van der Waals surface area contributed by atoms with Crippen LogP contribution in [0.3, 0.4) is 0 Å². The summed E-state index contributed by atoms with van der Waals surface area (Å²) in [6.07, 6.45) is 0.470. The molecule has 0 aliphatic heterocycles. The molecule has 0 aliphatic carbocycles. The molecular formula is C13H18F2N2O2. The fourth-order valence-electron chi connectivity index (χ4n) is 1.69. The first kappa shape index (κ1) is 15.4. The second kappa shape index (κ2) is 7.68. The number of amides is 1.